The fourth-order valence-electron chi connectivity index (χ4n) is 4.99. The van der Waals surface area contributed by atoms with Gasteiger partial charge in [0.1, 0.15) is 0 Å². The highest BCUT2D eigenvalue weighted by Crippen LogP contribution is 2.61. The van der Waals surface area contributed by atoms with Crippen molar-refractivity contribution < 1.29 is 0 Å². The molecule has 4 rings (SSSR count). The molecule has 15 heavy (non-hydrogen) atoms. The topological polar surface area (TPSA) is 12.0 Å². The van der Waals surface area contributed by atoms with Crippen molar-refractivity contribution in [3.05, 3.63) is 0 Å². The van der Waals surface area contributed by atoms with Crippen molar-refractivity contribution in [1.29, 1.82) is 0 Å². The summed E-state index contributed by atoms with van der Waals surface area (Å²) in [5.74, 6) is 3.37. The quantitative estimate of drug-likeness (QED) is 0.784. The highest BCUT2D eigenvalue weighted by atomic mass is 35.5. The van der Waals surface area contributed by atoms with E-state index in [0.29, 0.717) is 0 Å². The Hall–Kier alpha value is 0.250. The van der Waals surface area contributed by atoms with Crippen LogP contribution in [0.1, 0.15) is 44.9 Å². The highest BCUT2D eigenvalue weighted by Gasteiger charge is 2.50. The molecule has 0 radical (unpaired) electrons. The molecule has 4 bridgehead atoms. The van der Waals surface area contributed by atoms with E-state index in [1.165, 1.54) is 13.0 Å². The second kappa shape index (κ2) is 4.25. The number of hydrogen-bond acceptors (Lipinski definition) is 1. The Kier molecular flexibility index (Phi) is 3.33. The largest absolute Gasteiger partial charge is 0.320 e. The highest BCUT2D eigenvalue weighted by molar-refractivity contribution is 5.85. The van der Waals surface area contributed by atoms with E-state index in [0.717, 1.165) is 23.2 Å². The van der Waals surface area contributed by atoms with E-state index in [-0.39, 0.29) is 12.4 Å². The third kappa shape index (κ3) is 2.06. The van der Waals surface area contributed by atoms with Crippen LogP contribution in [0.4, 0.5) is 0 Å². The average molecular weight is 230 g/mol. The van der Waals surface area contributed by atoms with Crippen molar-refractivity contribution in [3.8, 4) is 0 Å². The second-order valence-electron chi connectivity index (χ2n) is 6.27. The molecule has 4 saturated carbocycles. The smallest absolute Gasteiger partial charge is 0.00466 e. The standard InChI is InChI=1S/C13H23N.ClH/c1-14-3-2-13-7-10-4-11(8-13)6-12(5-10)9-13;/h10-12,14H,2-9H2,1H3;1H. The average Bonchev–Trinajstić information content (AvgIpc) is 2.12. The van der Waals surface area contributed by atoms with Crippen molar-refractivity contribution in [3.63, 3.8) is 0 Å². The Labute approximate surface area is 99.8 Å². The number of rotatable bonds is 3. The second-order valence-corrected chi connectivity index (χ2v) is 6.27. The monoisotopic (exact) mass is 229 g/mol. The van der Waals surface area contributed by atoms with Crippen molar-refractivity contribution in [2.75, 3.05) is 13.6 Å². The molecule has 0 aromatic carbocycles. The van der Waals surface area contributed by atoms with Crippen LogP contribution < -0.4 is 5.32 Å². The zero-order valence-corrected chi connectivity index (χ0v) is 10.6. The van der Waals surface area contributed by atoms with Crippen molar-refractivity contribution in [2.24, 2.45) is 23.2 Å². The van der Waals surface area contributed by atoms with Gasteiger partial charge in [-0.3, -0.25) is 0 Å². The first-order chi connectivity index (χ1) is 6.80. The maximum atomic E-state index is 3.34. The lowest BCUT2D eigenvalue weighted by atomic mass is 9.49. The lowest BCUT2D eigenvalue weighted by molar-refractivity contribution is -0.0565. The first-order valence-electron chi connectivity index (χ1n) is 6.44. The molecule has 0 aromatic heterocycles. The molecule has 0 unspecified atom stereocenters. The SMILES string of the molecule is CNCCC12CC3CC(CC(C3)C1)C2.Cl. The number of halogens is 1. The van der Waals surface area contributed by atoms with E-state index >= 15 is 0 Å². The number of nitrogens with one attached hydrogen (secondary N) is 1. The summed E-state index contributed by atoms with van der Waals surface area (Å²) < 4.78 is 0. The minimum Gasteiger partial charge on any atom is -0.320 e. The van der Waals surface area contributed by atoms with Crippen LogP contribution in [-0.2, 0) is 0 Å². The van der Waals surface area contributed by atoms with Crippen LogP contribution in [-0.4, -0.2) is 13.6 Å². The third-order valence-electron chi connectivity index (χ3n) is 5.07. The van der Waals surface area contributed by atoms with Gasteiger partial charge in [0.05, 0.1) is 0 Å². The molecule has 0 aliphatic heterocycles. The van der Waals surface area contributed by atoms with Gasteiger partial charge >= 0.3 is 0 Å². The molecule has 0 aromatic rings. The fraction of sp³-hybridized carbons (Fsp3) is 1.00. The molecular formula is C13H24ClN. The molecule has 4 aliphatic carbocycles. The minimum absolute atomic E-state index is 0. The van der Waals surface area contributed by atoms with Crippen LogP contribution in [0.15, 0.2) is 0 Å². The molecular weight excluding hydrogens is 206 g/mol. The molecule has 4 aliphatic rings. The first kappa shape index (κ1) is 11.7. The van der Waals surface area contributed by atoms with Crippen LogP contribution in [0.5, 0.6) is 0 Å². The predicted octanol–water partition coefficient (Wildman–Crippen LogP) is 3.23. The van der Waals surface area contributed by atoms with E-state index in [1.54, 1.807) is 38.5 Å². The van der Waals surface area contributed by atoms with Crippen LogP contribution in [0, 0.1) is 23.2 Å². The molecule has 0 saturated heterocycles. The Morgan fingerprint density at radius 2 is 1.47 bits per heavy atom. The van der Waals surface area contributed by atoms with Crippen LogP contribution >= 0.6 is 12.4 Å². The molecule has 88 valence electrons. The summed E-state index contributed by atoms with van der Waals surface area (Å²) >= 11 is 0. The Balaban J connectivity index is 0.000000853. The van der Waals surface area contributed by atoms with Gasteiger partial charge in [-0.15, -0.1) is 12.4 Å². The van der Waals surface area contributed by atoms with Crippen LogP contribution in [0.3, 0.4) is 0 Å². The van der Waals surface area contributed by atoms with Crippen LogP contribution in [0.25, 0.3) is 0 Å². The summed E-state index contributed by atoms with van der Waals surface area (Å²) in [4.78, 5) is 0. The van der Waals surface area contributed by atoms with Gasteiger partial charge in [0, 0.05) is 0 Å². The molecule has 2 heteroatoms. The molecule has 0 spiro atoms. The molecule has 1 nitrogen and oxygen atoms in total. The predicted molar refractivity (Wildman–Crippen MR) is 66.4 cm³/mol. The van der Waals surface area contributed by atoms with E-state index in [1.807, 2.05) is 0 Å². The van der Waals surface area contributed by atoms with E-state index < -0.39 is 0 Å². The normalized spacial score (nSPS) is 46.6. The first-order valence-corrected chi connectivity index (χ1v) is 6.44. The Morgan fingerprint density at radius 3 is 1.87 bits per heavy atom. The van der Waals surface area contributed by atoms with Crippen molar-refractivity contribution in [2.45, 2.75) is 44.9 Å². The summed E-state index contributed by atoms with van der Waals surface area (Å²) in [5.41, 5.74) is 0.789. The Morgan fingerprint density at radius 1 is 1.00 bits per heavy atom. The third-order valence-corrected chi connectivity index (χ3v) is 5.07. The Bertz CT molecular complexity index is 191. The summed E-state index contributed by atoms with van der Waals surface area (Å²) in [6.45, 7) is 1.24. The van der Waals surface area contributed by atoms with Gasteiger partial charge in [0.25, 0.3) is 0 Å². The fourth-order valence-corrected chi connectivity index (χ4v) is 4.99. The van der Waals surface area contributed by atoms with Gasteiger partial charge in [-0.05, 0) is 81.7 Å². The zero-order valence-electron chi connectivity index (χ0n) is 9.80. The van der Waals surface area contributed by atoms with Crippen LogP contribution in [0.2, 0.25) is 0 Å². The number of hydrogen-bond donors (Lipinski definition) is 1. The lowest BCUT2D eigenvalue weighted by Gasteiger charge is -2.57. The van der Waals surface area contributed by atoms with Gasteiger partial charge in [-0.1, -0.05) is 0 Å². The van der Waals surface area contributed by atoms with E-state index in [2.05, 4.69) is 12.4 Å². The summed E-state index contributed by atoms with van der Waals surface area (Å²) in [5, 5.41) is 3.34. The summed E-state index contributed by atoms with van der Waals surface area (Å²) in [6, 6.07) is 0. The minimum atomic E-state index is 0. The van der Waals surface area contributed by atoms with Gasteiger partial charge < -0.3 is 5.32 Å². The van der Waals surface area contributed by atoms with Gasteiger partial charge in [0.15, 0.2) is 0 Å². The molecule has 4 fully saturated rings. The van der Waals surface area contributed by atoms with Gasteiger partial charge in [-0.2, -0.15) is 0 Å². The van der Waals surface area contributed by atoms with Crippen molar-refractivity contribution in [1.82, 2.24) is 5.32 Å². The summed E-state index contributed by atoms with van der Waals surface area (Å²) in [7, 11) is 2.10. The zero-order chi connectivity index (χ0) is 9.60. The van der Waals surface area contributed by atoms with Gasteiger partial charge in [-0.25, -0.2) is 0 Å². The molecule has 1 N–H and O–H groups in total. The van der Waals surface area contributed by atoms with E-state index in [9.17, 15) is 0 Å². The van der Waals surface area contributed by atoms with Gasteiger partial charge in [0.2, 0.25) is 0 Å². The van der Waals surface area contributed by atoms with E-state index in [4.69, 9.17) is 0 Å². The maximum absolute atomic E-state index is 3.34. The molecule has 0 amide bonds. The maximum Gasteiger partial charge on any atom is -0.00466 e. The van der Waals surface area contributed by atoms with Crippen molar-refractivity contribution >= 4 is 12.4 Å². The molecule has 0 atom stereocenters. The summed E-state index contributed by atoms with van der Waals surface area (Å²) in [6.07, 6.45) is 10.9. The molecule has 0 heterocycles. The lowest BCUT2D eigenvalue weighted by Crippen LogP contribution is -2.46.